The van der Waals surface area contributed by atoms with Crippen LogP contribution in [0.1, 0.15) is 28.7 Å². The summed E-state index contributed by atoms with van der Waals surface area (Å²) in [4.78, 5) is 4.54. The number of para-hydroxylation sites is 1. The van der Waals surface area contributed by atoms with Gasteiger partial charge in [0.05, 0.1) is 11.6 Å². The van der Waals surface area contributed by atoms with Gasteiger partial charge in [0, 0.05) is 17.1 Å². The molecule has 0 radical (unpaired) electrons. The maximum absolute atomic E-state index is 5.65. The van der Waals surface area contributed by atoms with E-state index >= 15 is 0 Å². The number of furan rings is 1. The van der Waals surface area contributed by atoms with Crippen molar-refractivity contribution in [1.29, 1.82) is 0 Å². The maximum atomic E-state index is 5.65. The van der Waals surface area contributed by atoms with E-state index in [9.17, 15) is 0 Å². The Hall–Kier alpha value is -2.13. The van der Waals surface area contributed by atoms with E-state index in [2.05, 4.69) is 28.5 Å². The molecule has 102 valence electrons. The van der Waals surface area contributed by atoms with Crippen LogP contribution in [0.3, 0.4) is 0 Å². The number of nitrogens with zero attached hydrogens (tertiary/aromatic N) is 1. The molecule has 3 heteroatoms. The minimum absolute atomic E-state index is 0.101. The van der Waals surface area contributed by atoms with Gasteiger partial charge >= 0.3 is 0 Å². The molecule has 0 aliphatic rings. The van der Waals surface area contributed by atoms with Gasteiger partial charge in [-0.2, -0.15) is 0 Å². The first-order valence-electron chi connectivity index (χ1n) is 6.78. The lowest BCUT2D eigenvalue weighted by Crippen LogP contribution is -2.18. The number of benzene rings is 1. The molecule has 0 aliphatic carbocycles. The summed E-state index contributed by atoms with van der Waals surface area (Å²) in [5.74, 6) is 1.89. The number of pyridine rings is 1. The summed E-state index contributed by atoms with van der Waals surface area (Å²) in [6.45, 7) is 3.98. The molecule has 1 aromatic carbocycles. The molecule has 20 heavy (non-hydrogen) atoms. The summed E-state index contributed by atoms with van der Waals surface area (Å²) in [6.07, 6.45) is 1.94. The molecular formula is C17H18N2O. The molecule has 1 N–H and O–H groups in total. The third-order valence-electron chi connectivity index (χ3n) is 3.62. The van der Waals surface area contributed by atoms with Crippen LogP contribution in [0.15, 0.2) is 47.0 Å². The highest BCUT2D eigenvalue weighted by atomic mass is 16.3. The van der Waals surface area contributed by atoms with Crippen molar-refractivity contribution in [1.82, 2.24) is 10.3 Å². The summed E-state index contributed by atoms with van der Waals surface area (Å²) in [6, 6.07) is 12.5. The quantitative estimate of drug-likeness (QED) is 0.784. The van der Waals surface area contributed by atoms with Crippen molar-refractivity contribution in [3.63, 3.8) is 0 Å². The molecule has 2 heterocycles. The Bertz CT molecular complexity index is 746. The normalized spacial score (nSPS) is 12.8. The zero-order chi connectivity index (χ0) is 14.1. The fraction of sp³-hybridized carbons (Fsp3) is 0.235. The van der Waals surface area contributed by atoms with E-state index in [1.807, 2.05) is 45.3 Å². The fourth-order valence-corrected chi connectivity index (χ4v) is 2.68. The van der Waals surface area contributed by atoms with Crippen molar-refractivity contribution in [2.75, 3.05) is 7.05 Å². The predicted octanol–water partition coefficient (Wildman–Crippen LogP) is 3.75. The number of fused-ring (bicyclic) bond motifs is 1. The lowest BCUT2D eigenvalue weighted by molar-refractivity contribution is 0.497. The molecule has 1 atom stereocenters. The van der Waals surface area contributed by atoms with Crippen LogP contribution in [0.5, 0.6) is 0 Å². The number of hydrogen-bond donors (Lipinski definition) is 1. The molecule has 0 amide bonds. The van der Waals surface area contributed by atoms with Crippen molar-refractivity contribution < 1.29 is 4.42 Å². The van der Waals surface area contributed by atoms with E-state index in [-0.39, 0.29) is 6.04 Å². The van der Waals surface area contributed by atoms with E-state index in [4.69, 9.17) is 4.42 Å². The molecule has 3 rings (SSSR count). The van der Waals surface area contributed by atoms with Gasteiger partial charge in [0.25, 0.3) is 0 Å². The zero-order valence-corrected chi connectivity index (χ0v) is 12.0. The predicted molar refractivity (Wildman–Crippen MR) is 80.8 cm³/mol. The van der Waals surface area contributed by atoms with Crippen molar-refractivity contribution in [2.24, 2.45) is 0 Å². The van der Waals surface area contributed by atoms with Crippen LogP contribution in [0, 0.1) is 13.8 Å². The van der Waals surface area contributed by atoms with Crippen molar-refractivity contribution in [2.45, 2.75) is 19.9 Å². The molecule has 0 aliphatic heterocycles. The average molecular weight is 266 g/mol. The Morgan fingerprint density at radius 1 is 1.15 bits per heavy atom. The number of aryl methyl sites for hydroxylation is 2. The Morgan fingerprint density at radius 2 is 1.95 bits per heavy atom. The first kappa shape index (κ1) is 12.9. The van der Waals surface area contributed by atoms with Crippen LogP contribution in [0.4, 0.5) is 0 Å². The van der Waals surface area contributed by atoms with Crippen LogP contribution in [0.25, 0.3) is 10.9 Å². The lowest BCUT2D eigenvalue weighted by Gasteiger charge is -2.16. The van der Waals surface area contributed by atoms with E-state index < -0.39 is 0 Å². The second-order valence-corrected chi connectivity index (χ2v) is 5.05. The van der Waals surface area contributed by atoms with Gasteiger partial charge in [-0.05, 0) is 44.7 Å². The summed E-state index contributed by atoms with van der Waals surface area (Å²) in [7, 11) is 1.96. The first-order chi connectivity index (χ1) is 9.69. The monoisotopic (exact) mass is 266 g/mol. The molecule has 1 unspecified atom stereocenters. The zero-order valence-electron chi connectivity index (χ0n) is 12.0. The van der Waals surface area contributed by atoms with Gasteiger partial charge in [-0.25, -0.2) is 0 Å². The molecule has 3 nitrogen and oxygen atoms in total. The molecule has 0 fully saturated rings. The minimum Gasteiger partial charge on any atom is -0.466 e. The van der Waals surface area contributed by atoms with E-state index in [0.29, 0.717) is 0 Å². The minimum atomic E-state index is 0.101. The summed E-state index contributed by atoms with van der Waals surface area (Å²) >= 11 is 0. The van der Waals surface area contributed by atoms with Gasteiger partial charge in [0.15, 0.2) is 0 Å². The standard InChI is InChI=1S/C17H18N2O/c1-11-8-15(12(2)20-11)17(18-3)14-9-13-6-4-5-7-16(13)19-10-14/h4-10,17-18H,1-3H3. The summed E-state index contributed by atoms with van der Waals surface area (Å²) < 4.78 is 5.65. The van der Waals surface area contributed by atoms with Crippen LogP contribution in [-0.4, -0.2) is 12.0 Å². The lowest BCUT2D eigenvalue weighted by atomic mass is 9.99. The van der Waals surface area contributed by atoms with Crippen LogP contribution in [-0.2, 0) is 0 Å². The SMILES string of the molecule is CNC(c1cnc2ccccc2c1)c1cc(C)oc1C. The fourth-order valence-electron chi connectivity index (χ4n) is 2.68. The topological polar surface area (TPSA) is 38.1 Å². The molecule has 0 saturated carbocycles. The Morgan fingerprint density at radius 3 is 2.65 bits per heavy atom. The molecular weight excluding hydrogens is 248 g/mol. The third kappa shape index (κ3) is 2.21. The van der Waals surface area contributed by atoms with Crippen LogP contribution in [0.2, 0.25) is 0 Å². The largest absolute Gasteiger partial charge is 0.466 e. The Labute approximate surface area is 118 Å². The second-order valence-electron chi connectivity index (χ2n) is 5.05. The van der Waals surface area contributed by atoms with Crippen molar-refractivity contribution >= 4 is 10.9 Å². The Kier molecular flexibility index (Phi) is 3.28. The Balaban J connectivity index is 2.09. The number of hydrogen-bond acceptors (Lipinski definition) is 3. The van der Waals surface area contributed by atoms with Crippen LogP contribution >= 0.6 is 0 Å². The van der Waals surface area contributed by atoms with Gasteiger partial charge in [0.2, 0.25) is 0 Å². The summed E-state index contributed by atoms with van der Waals surface area (Å²) in [5.41, 5.74) is 3.34. The molecule has 2 aromatic heterocycles. The van der Waals surface area contributed by atoms with Gasteiger partial charge in [0.1, 0.15) is 11.5 Å². The average Bonchev–Trinajstić information content (AvgIpc) is 2.78. The number of nitrogens with one attached hydrogen (secondary N) is 1. The van der Waals surface area contributed by atoms with E-state index in [1.165, 1.54) is 5.56 Å². The van der Waals surface area contributed by atoms with Gasteiger partial charge < -0.3 is 9.73 Å². The van der Waals surface area contributed by atoms with Crippen LogP contribution < -0.4 is 5.32 Å². The molecule has 0 bridgehead atoms. The molecule has 0 spiro atoms. The van der Waals surface area contributed by atoms with Gasteiger partial charge in [-0.3, -0.25) is 4.98 Å². The third-order valence-corrected chi connectivity index (χ3v) is 3.62. The first-order valence-corrected chi connectivity index (χ1v) is 6.78. The number of rotatable bonds is 3. The van der Waals surface area contributed by atoms with E-state index in [0.717, 1.165) is 28.0 Å². The smallest absolute Gasteiger partial charge is 0.106 e. The van der Waals surface area contributed by atoms with Crippen molar-refractivity contribution in [3.05, 3.63) is 65.2 Å². The van der Waals surface area contributed by atoms with Gasteiger partial charge in [-0.15, -0.1) is 0 Å². The summed E-state index contributed by atoms with van der Waals surface area (Å²) in [5, 5.41) is 4.51. The van der Waals surface area contributed by atoms with Gasteiger partial charge in [-0.1, -0.05) is 18.2 Å². The number of aromatic nitrogens is 1. The molecule has 0 saturated heterocycles. The van der Waals surface area contributed by atoms with Crippen molar-refractivity contribution in [3.8, 4) is 0 Å². The highest BCUT2D eigenvalue weighted by Crippen LogP contribution is 2.28. The second kappa shape index (κ2) is 5.10. The highest BCUT2D eigenvalue weighted by molar-refractivity contribution is 5.79. The maximum Gasteiger partial charge on any atom is 0.106 e. The van der Waals surface area contributed by atoms with E-state index in [1.54, 1.807) is 0 Å². The molecule has 3 aromatic rings. The highest BCUT2D eigenvalue weighted by Gasteiger charge is 2.18.